The van der Waals surface area contributed by atoms with Crippen molar-refractivity contribution in [3.63, 3.8) is 0 Å². The van der Waals surface area contributed by atoms with Gasteiger partial charge in [0.1, 0.15) is 0 Å². The molecule has 23 heavy (non-hydrogen) atoms. The minimum Gasteiger partial charge on any atom is -0.343 e. The summed E-state index contributed by atoms with van der Waals surface area (Å²) in [4.78, 5) is 11.6. The molecule has 0 unspecified atom stereocenters. The first-order valence-corrected chi connectivity index (χ1v) is 8.54. The fourth-order valence-electron chi connectivity index (χ4n) is 2.99. The molecule has 3 rings (SSSR count). The lowest BCUT2D eigenvalue weighted by Crippen LogP contribution is -2.06. The molecule has 1 aliphatic carbocycles. The van der Waals surface area contributed by atoms with Crippen molar-refractivity contribution in [1.29, 1.82) is 0 Å². The molecule has 2 aromatic rings. The van der Waals surface area contributed by atoms with Crippen LogP contribution in [-0.2, 0) is 13.0 Å². The van der Waals surface area contributed by atoms with E-state index >= 15 is 0 Å². The van der Waals surface area contributed by atoms with Crippen LogP contribution in [0, 0.1) is 19.8 Å². The summed E-state index contributed by atoms with van der Waals surface area (Å²) in [6.07, 6.45) is 6.28. The molecule has 1 saturated carbocycles. The Labute approximate surface area is 142 Å². The second-order valence-electron chi connectivity index (χ2n) is 6.39. The van der Waals surface area contributed by atoms with Gasteiger partial charge in [0, 0.05) is 17.8 Å². The molecule has 0 bridgehead atoms. The van der Waals surface area contributed by atoms with Crippen molar-refractivity contribution in [2.45, 2.75) is 39.7 Å². The predicted octanol–water partition coefficient (Wildman–Crippen LogP) is 5.15. The molecule has 0 atom stereocenters. The van der Waals surface area contributed by atoms with Crippen LogP contribution in [0.2, 0.25) is 0 Å². The number of carbonyl (C=O) groups excluding carboxylic acids is 1. The number of hydrogen-bond acceptors (Lipinski definition) is 1. The molecular formula is C20H22ClNO. The average molecular weight is 328 g/mol. The van der Waals surface area contributed by atoms with Gasteiger partial charge in [0.25, 0.3) is 0 Å². The number of halogens is 1. The smallest absolute Gasteiger partial charge is 0.152 e. The third kappa shape index (κ3) is 3.42. The molecule has 0 radical (unpaired) electrons. The van der Waals surface area contributed by atoms with Crippen molar-refractivity contribution in [1.82, 2.24) is 4.57 Å². The number of hydrogen-bond donors (Lipinski definition) is 0. The maximum Gasteiger partial charge on any atom is 0.152 e. The Morgan fingerprint density at radius 3 is 2.57 bits per heavy atom. The van der Waals surface area contributed by atoms with E-state index in [1.54, 1.807) is 0 Å². The number of benzene rings is 1. The maximum absolute atomic E-state index is 11.6. The molecule has 1 fully saturated rings. The van der Waals surface area contributed by atoms with Gasteiger partial charge in [0.2, 0.25) is 0 Å². The van der Waals surface area contributed by atoms with Crippen molar-refractivity contribution >= 4 is 22.9 Å². The van der Waals surface area contributed by atoms with Crippen LogP contribution in [0.3, 0.4) is 0 Å². The van der Waals surface area contributed by atoms with Crippen molar-refractivity contribution < 1.29 is 4.79 Å². The first kappa shape index (κ1) is 16.1. The van der Waals surface area contributed by atoms with E-state index in [1.165, 1.54) is 18.4 Å². The van der Waals surface area contributed by atoms with Crippen LogP contribution in [0.25, 0.3) is 5.03 Å². The molecule has 1 aromatic carbocycles. The first-order chi connectivity index (χ1) is 11.1. The summed E-state index contributed by atoms with van der Waals surface area (Å²) in [5.41, 5.74) is 5.03. The highest BCUT2D eigenvalue weighted by Crippen LogP contribution is 2.36. The van der Waals surface area contributed by atoms with E-state index in [0.29, 0.717) is 5.03 Å². The molecule has 0 aliphatic heterocycles. The highest BCUT2D eigenvalue weighted by molar-refractivity contribution is 6.49. The Bertz CT molecular complexity index is 739. The fourth-order valence-corrected chi connectivity index (χ4v) is 3.28. The van der Waals surface area contributed by atoms with Crippen LogP contribution in [0.1, 0.15) is 45.7 Å². The molecule has 0 spiro atoms. The maximum atomic E-state index is 11.6. The van der Waals surface area contributed by atoms with Crippen LogP contribution in [0.15, 0.2) is 36.4 Å². The second kappa shape index (κ2) is 6.76. The molecule has 1 aromatic heterocycles. The number of rotatable bonds is 6. The number of allylic oxidation sites excluding steroid dienone is 1. The van der Waals surface area contributed by atoms with Gasteiger partial charge >= 0.3 is 0 Å². The third-order valence-corrected chi connectivity index (χ3v) is 5.05. The first-order valence-electron chi connectivity index (χ1n) is 8.16. The Kier molecular flexibility index (Phi) is 4.72. The summed E-state index contributed by atoms with van der Waals surface area (Å²) >= 11 is 6.62. The number of carbonyl (C=O) groups is 1. The molecule has 120 valence electrons. The number of aromatic nitrogens is 1. The predicted molar refractivity (Wildman–Crippen MR) is 96.0 cm³/mol. The van der Waals surface area contributed by atoms with Gasteiger partial charge in [-0.25, -0.2) is 0 Å². The van der Waals surface area contributed by atoms with Gasteiger partial charge in [-0.05, 0) is 50.2 Å². The van der Waals surface area contributed by atoms with Crippen LogP contribution in [0.4, 0.5) is 0 Å². The normalized spacial score (nSPS) is 15.0. The number of nitrogens with zero attached hydrogens (tertiary/aromatic N) is 1. The van der Waals surface area contributed by atoms with Crippen LogP contribution >= 0.6 is 11.6 Å². The van der Waals surface area contributed by atoms with Crippen LogP contribution in [0.5, 0.6) is 0 Å². The van der Waals surface area contributed by atoms with E-state index in [9.17, 15) is 4.79 Å². The standard InChI is InChI=1S/C20H22ClNO/c1-14-15(2)22(12-17-8-9-17)20(18(14)13-23)19(21)11-10-16-6-4-3-5-7-16/h3-7,11,13,17H,8-10,12H2,1-2H3. The molecule has 3 heteroatoms. The number of aldehydes is 1. The summed E-state index contributed by atoms with van der Waals surface area (Å²) in [5.74, 6) is 0.734. The van der Waals surface area contributed by atoms with E-state index in [4.69, 9.17) is 11.6 Å². The fraction of sp³-hybridized carbons (Fsp3) is 0.350. The van der Waals surface area contributed by atoms with Gasteiger partial charge in [0.15, 0.2) is 6.29 Å². The largest absolute Gasteiger partial charge is 0.343 e. The molecule has 1 aliphatic rings. The SMILES string of the molecule is Cc1c(C=O)c(C(Cl)=CCc2ccccc2)n(CC2CC2)c1C. The topological polar surface area (TPSA) is 22.0 Å². The van der Waals surface area contributed by atoms with Crippen LogP contribution < -0.4 is 0 Å². The van der Waals surface area contributed by atoms with Gasteiger partial charge in [-0.1, -0.05) is 48.0 Å². The zero-order valence-electron chi connectivity index (χ0n) is 13.7. The minimum atomic E-state index is 0.674. The van der Waals surface area contributed by atoms with E-state index < -0.39 is 0 Å². The molecule has 0 amide bonds. The molecule has 0 N–H and O–H groups in total. The summed E-state index contributed by atoms with van der Waals surface area (Å²) in [6, 6.07) is 10.2. The summed E-state index contributed by atoms with van der Waals surface area (Å²) in [7, 11) is 0. The van der Waals surface area contributed by atoms with E-state index in [1.807, 2.05) is 31.2 Å². The van der Waals surface area contributed by atoms with E-state index in [0.717, 1.165) is 47.7 Å². The van der Waals surface area contributed by atoms with Gasteiger partial charge in [0.05, 0.1) is 10.7 Å². The Morgan fingerprint density at radius 1 is 1.26 bits per heavy atom. The van der Waals surface area contributed by atoms with Gasteiger partial charge in [-0.3, -0.25) is 4.79 Å². The van der Waals surface area contributed by atoms with Gasteiger partial charge < -0.3 is 4.57 Å². The minimum absolute atomic E-state index is 0.674. The molecule has 0 saturated heterocycles. The Balaban J connectivity index is 1.96. The highest BCUT2D eigenvalue weighted by atomic mass is 35.5. The van der Waals surface area contributed by atoms with Crippen LogP contribution in [-0.4, -0.2) is 10.9 Å². The summed E-state index contributed by atoms with van der Waals surface area (Å²) in [5, 5.41) is 0.674. The zero-order valence-corrected chi connectivity index (χ0v) is 14.4. The highest BCUT2D eigenvalue weighted by Gasteiger charge is 2.26. The van der Waals surface area contributed by atoms with Gasteiger partial charge in [-0.15, -0.1) is 0 Å². The van der Waals surface area contributed by atoms with Gasteiger partial charge in [-0.2, -0.15) is 0 Å². The quantitative estimate of drug-likeness (QED) is 0.672. The zero-order chi connectivity index (χ0) is 16.4. The van der Waals surface area contributed by atoms with E-state index in [2.05, 4.69) is 23.6 Å². The van der Waals surface area contributed by atoms with Crippen molar-refractivity contribution in [2.24, 2.45) is 5.92 Å². The summed E-state index contributed by atoms with van der Waals surface area (Å²) in [6.45, 7) is 5.05. The molecular weight excluding hydrogens is 306 g/mol. The van der Waals surface area contributed by atoms with Crippen molar-refractivity contribution in [2.75, 3.05) is 0 Å². The van der Waals surface area contributed by atoms with E-state index in [-0.39, 0.29) is 0 Å². The molecule has 2 nitrogen and oxygen atoms in total. The summed E-state index contributed by atoms with van der Waals surface area (Å²) < 4.78 is 2.24. The lowest BCUT2D eigenvalue weighted by molar-refractivity contribution is 0.112. The Morgan fingerprint density at radius 2 is 1.96 bits per heavy atom. The lowest BCUT2D eigenvalue weighted by atomic mass is 10.1. The lowest BCUT2D eigenvalue weighted by Gasteiger charge is -2.11. The Hall–Kier alpha value is -1.80. The monoisotopic (exact) mass is 327 g/mol. The average Bonchev–Trinajstić information content (AvgIpc) is 3.35. The van der Waals surface area contributed by atoms with Crippen molar-refractivity contribution in [3.8, 4) is 0 Å². The molecule has 1 heterocycles. The van der Waals surface area contributed by atoms with Crippen molar-refractivity contribution in [3.05, 3.63) is 64.5 Å². The third-order valence-electron chi connectivity index (χ3n) is 4.72. The second-order valence-corrected chi connectivity index (χ2v) is 6.79.